The van der Waals surface area contributed by atoms with E-state index in [1.54, 1.807) is 9.91 Å². The number of hydrogen-bond acceptors (Lipinski definition) is 4. The number of hydrazone groups is 1. The average molecular weight is 614 g/mol. The molecule has 0 spiro atoms. The summed E-state index contributed by atoms with van der Waals surface area (Å²) in [6.45, 7) is 6.32. The van der Waals surface area contributed by atoms with Crippen LogP contribution in [0.3, 0.4) is 0 Å². The molecule has 1 aliphatic heterocycles. The molecule has 1 saturated carbocycles. The van der Waals surface area contributed by atoms with Crippen LogP contribution < -0.4 is 16.0 Å². The Kier molecular flexibility index (Phi) is 9.31. The molecule has 0 bridgehead atoms. The smallest absolute Gasteiger partial charge is 0.325 e. The number of benzene rings is 4. The van der Waals surface area contributed by atoms with Crippen LogP contribution in [-0.2, 0) is 11.3 Å². The van der Waals surface area contributed by atoms with Gasteiger partial charge in [-0.3, -0.25) is 9.69 Å². The first-order valence-electron chi connectivity index (χ1n) is 16.4. The number of rotatable bonds is 8. The highest BCUT2D eigenvalue weighted by molar-refractivity contribution is 6.14. The second kappa shape index (κ2) is 13.7. The fourth-order valence-electron chi connectivity index (χ4n) is 6.45. The first-order valence-corrected chi connectivity index (χ1v) is 16.4. The molecule has 0 unspecified atom stereocenters. The van der Waals surface area contributed by atoms with E-state index in [-0.39, 0.29) is 23.8 Å². The van der Waals surface area contributed by atoms with Crippen LogP contribution in [-0.4, -0.2) is 28.7 Å². The average Bonchev–Trinajstić information content (AvgIpc) is 3.19. The fraction of sp³-hybridized carbons (Fsp3) is 0.308. The van der Waals surface area contributed by atoms with Gasteiger partial charge in [-0.15, -0.1) is 0 Å². The van der Waals surface area contributed by atoms with Gasteiger partial charge in [-0.2, -0.15) is 5.10 Å². The molecule has 46 heavy (non-hydrogen) atoms. The molecule has 236 valence electrons. The molecule has 1 aliphatic carbocycles. The topological polar surface area (TPSA) is 91.0 Å². The van der Waals surface area contributed by atoms with E-state index in [0.29, 0.717) is 17.9 Å². The monoisotopic (exact) mass is 613 g/mol. The minimum absolute atomic E-state index is 0.0176. The Balaban J connectivity index is 1.47. The molecule has 0 saturated heterocycles. The molecule has 3 amide bonds. The summed E-state index contributed by atoms with van der Waals surface area (Å²) in [5.74, 6) is 0.0413. The molecule has 2 aliphatic rings. The van der Waals surface area contributed by atoms with Crippen LogP contribution in [0.15, 0.2) is 102 Å². The van der Waals surface area contributed by atoms with Crippen molar-refractivity contribution in [3.05, 3.63) is 114 Å². The molecule has 0 radical (unpaired) electrons. The van der Waals surface area contributed by atoms with Crippen molar-refractivity contribution < 1.29 is 9.59 Å². The van der Waals surface area contributed by atoms with Crippen molar-refractivity contribution in [3.63, 3.8) is 0 Å². The highest BCUT2D eigenvalue weighted by atomic mass is 16.2. The van der Waals surface area contributed by atoms with Gasteiger partial charge in [0.25, 0.3) is 0 Å². The number of carbonyl (C=O) groups excluding carboxylic acids is 2. The Morgan fingerprint density at radius 2 is 1.59 bits per heavy atom. The van der Waals surface area contributed by atoms with Crippen molar-refractivity contribution >= 4 is 34.7 Å². The quantitative estimate of drug-likeness (QED) is 0.208. The van der Waals surface area contributed by atoms with E-state index >= 15 is 0 Å². The summed E-state index contributed by atoms with van der Waals surface area (Å²) < 4.78 is 0. The van der Waals surface area contributed by atoms with Gasteiger partial charge in [0.05, 0.1) is 29.7 Å². The maximum absolute atomic E-state index is 14.6. The molecule has 7 heteroatoms. The van der Waals surface area contributed by atoms with E-state index in [2.05, 4.69) is 54.7 Å². The lowest BCUT2D eigenvalue weighted by molar-refractivity contribution is -0.118. The van der Waals surface area contributed by atoms with Gasteiger partial charge in [0.1, 0.15) is 0 Å². The molecular formula is C39H43N5O2. The third kappa shape index (κ3) is 6.60. The summed E-state index contributed by atoms with van der Waals surface area (Å²) >= 11 is 0. The third-order valence-electron chi connectivity index (χ3n) is 9.19. The van der Waals surface area contributed by atoms with Crippen LogP contribution in [0, 0.1) is 18.8 Å². The van der Waals surface area contributed by atoms with Gasteiger partial charge in [-0.25, -0.2) is 9.80 Å². The summed E-state index contributed by atoms with van der Waals surface area (Å²) in [6.07, 6.45) is 5.63. The first kappa shape index (κ1) is 31.2. The zero-order valence-electron chi connectivity index (χ0n) is 26.9. The summed E-state index contributed by atoms with van der Waals surface area (Å²) in [5.41, 5.74) is 14.6. The van der Waals surface area contributed by atoms with Crippen LogP contribution in [0.1, 0.15) is 62.6 Å². The van der Waals surface area contributed by atoms with Crippen LogP contribution in [0.5, 0.6) is 0 Å². The third-order valence-corrected chi connectivity index (χ3v) is 9.19. The van der Waals surface area contributed by atoms with Crippen molar-refractivity contribution in [2.45, 2.75) is 65.5 Å². The highest BCUT2D eigenvalue weighted by Crippen LogP contribution is 2.40. The van der Waals surface area contributed by atoms with Gasteiger partial charge in [0.15, 0.2) is 0 Å². The second-order valence-corrected chi connectivity index (χ2v) is 12.8. The zero-order valence-corrected chi connectivity index (χ0v) is 26.9. The van der Waals surface area contributed by atoms with E-state index in [1.807, 2.05) is 68.4 Å². The summed E-state index contributed by atoms with van der Waals surface area (Å²) in [6, 6.07) is 31.4. The highest BCUT2D eigenvalue weighted by Gasteiger charge is 2.34. The standard InChI is InChI=1S/C39H43N5O2/c1-26(2)36(40)38(45)41-31-19-21-32(22-20-31)44-35-23-18-30(33-17-11-10-12-27(33)3)24-34(35)37(29-15-8-5-9-16-29)42-43(39(44)46)25-28-13-6-4-7-14-28/h4,6-7,10-14,17-24,26,29,36H,5,8-9,15-16,25,40H2,1-3H3,(H,41,45)/t36-/m0/s1. The van der Waals surface area contributed by atoms with Crippen molar-refractivity contribution in [1.29, 1.82) is 0 Å². The summed E-state index contributed by atoms with van der Waals surface area (Å²) in [7, 11) is 0. The molecule has 4 aromatic carbocycles. The number of fused-ring (bicyclic) bond motifs is 1. The first-order chi connectivity index (χ1) is 22.3. The van der Waals surface area contributed by atoms with E-state index in [1.165, 1.54) is 12.0 Å². The van der Waals surface area contributed by atoms with Crippen molar-refractivity contribution in [2.24, 2.45) is 22.7 Å². The Hall–Kier alpha value is -4.75. The van der Waals surface area contributed by atoms with E-state index in [9.17, 15) is 9.59 Å². The molecule has 1 fully saturated rings. The van der Waals surface area contributed by atoms with Gasteiger partial charge in [0, 0.05) is 17.2 Å². The van der Waals surface area contributed by atoms with Crippen molar-refractivity contribution in [3.8, 4) is 11.1 Å². The Labute approximate surface area is 272 Å². The number of nitrogens with two attached hydrogens (primary N) is 1. The lowest BCUT2D eigenvalue weighted by Crippen LogP contribution is -2.39. The minimum atomic E-state index is -0.608. The second-order valence-electron chi connectivity index (χ2n) is 12.8. The molecule has 3 N–H and O–H groups in total. The number of carbonyl (C=O) groups is 2. The van der Waals surface area contributed by atoms with Crippen molar-refractivity contribution in [1.82, 2.24) is 5.01 Å². The Morgan fingerprint density at radius 3 is 2.28 bits per heavy atom. The van der Waals surface area contributed by atoms with Gasteiger partial charge < -0.3 is 11.1 Å². The largest absolute Gasteiger partial charge is 0.349 e. The van der Waals surface area contributed by atoms with Gasteiger partial charge in [-0.1, -0.05) is 93.8 Å². The number of amides is 3. The van der Waals surface area contributed by atoms with Crippen LogP contribution in [0.25, 0.3) is 11.1 Å². The van der Waals surface area contributed by atoms with Crippen LogP contribution in [0.2, 0.25) is 0 Å². The number of urea groups is 1. The van der Waals surface area contributed by atoms with E-state index in [4.69, 9.17) is 10.8 Å². The van der Waals surface area contributed by atoms with Crippen LogP contribution in [0.4, 0.5) is 21.9 Å². The Morgan fingerprint density at radius 1 is 0.891 bits per heavy atom. The number of aryl methyl sites for hydroxylation is 1. The normalized spacial score (nSPS) is 16.1. The van der Waals surface area contributed by atoms with Crippen LogP contribution >= 0.6 is 0 Å². The van der Waals surface area contributed by atoms with Gasteiger partial charge in [0.2, 0.25) is 5.91 Å². The summed E-state index contributed by atoms with van der Waals surface area (Å²) in [4.78, 5) is 29.1. The fourth-order valence-corrected chi connectivity index (χ4v) is 6.45. The molecule has 1 atom stereocenters. The maximum Gasteiger partial charge on any atom is 0.349 e. The van der Waals surface area contributed by atoms with Gasteiger partial charge >= 0.3 is 6.03 Å². The lowest BCUT2D eigenvalue weighted by atomic mass is 9.82. The number of nitrogens with zero attached hydrogens (tertiary/aromatic N) is 3. The zero-order chi connectivity index (χ0) is 32.2. The number of anilines is 3. The lowest BCUT2D eigenvalue weighted by Gasteiger charge is -2.27. The molecule has 4 aromatic rings. The number of hydrogen-bond donors (Lipinski definition) is 2. The molecule has 1 heterocycles. The molecule has 7 nitrogen and oxygen atoms in total. The molecule has 6 rings (SSSR count). The van der Waals surface area contributed by atoms with E-state index < -0.39 is 6.04 Å². The molecular weight excluding hydrogens is 570 g/mol. The summed E-state index contributed by atoms with van der Waals surface area (Å²) in [5, 5.41) is 9.78. The molecule has 0 aromatic heterocycles. The number of nitrogens with one attached hydrogen (secondary N) is 1. The predicted molar refractivity (Wildman–Crippen MR) is 187 cm³/mol. The van der Waals surface area contributed by atoms with Crippen molar-refractivity contribution in [2.75, 3.05) is 10.2 Å². The SMILES string of the molecule is Cc1ccccc1-c1ccc2c(c1)C(C1CCCCC1)=NN(Cc1ccccc1)C(=O)N2c1ccc(NC(=O)[C@@H](N)C(C)C)cc1. The minimum Gasteiger partial charge on any atom is -0.325 e. The maximum atomic E-state index is 14.6. The van der Waals surface area contributed by atoms with E-state index in [0.717, 1.165) is 59.3 Å². The Bertz CT molecular complexity index is 1730. The van der Waals surface area contributed by atoms with Gasteiger partial charge in [-0.05, 0) is 84.3 Å². The predicted octanol–water partition coefficient (Wildman–Crippen LogP) is 8.64.